The van der Waals surface area contributed by atoms with Gasteiger partial charge < -0.3 is 23.8 Å². The molecule has 0 bridgehead atoms. The molecule has 0 amide bonds. The maximum absolute atomic E-state index is 14.0. The van der Waals surface area contributed by atoms with Gasteiger partial charge in [-0.05, 0) is 60.1 Å². The summed E-state index contributed by atoms with van der Waals surface area (Å²) in [6, 6.07) is 6.15. The lowest BCUT2D eigenvalue weighted by atomic mass is 9.74. The molecule has 2 atom stereocenters. The molecule has 42 heavy (non-hydrogen) atoms. The van der Waals surface area contributed by atoms with Gasteiger partial charge in [-0.3, -0.25) is 0 Å². The van der Waals surface area contributed by atoms with Crippen LogP contribution in [0.1, 0.15) is 58.6 Å². The Balaban J connectivity index is 2.11. The molecule has 1 aromatic carbocycles. The Bertz CT molecular complexity index is 1340. The zero-order valence-electron chi connectivity index (χ0n) is 25.2. The summed E-state index contributed by atoms with van der Waals surface area (Å²) in [4.78, 5) is 56.8. The monoisotopic (exact) mass is 635 g/mol. The van der Waals surface area contributed by atoms with Crippen molar-refractivity contribution in [3.63, 3.8) is 0 Å². The largest absolute Gasteiger partial charge is 0.463 e. The van der Waals surface area contributed by atoms with Gasteiger partial charge in [0.1, 0.15) is 18.8 Å². The third-order valence-electron chi connectivity index (χ3n) is 7.55. The lowest BCUT2D eigenvalue weighted by Crippen LogP contribution is -2.60. The second kappa shape index (κ2) is 12.6. The predicted octanol–water partition coefficient (Wildman–Crippen LogP) is 5.32. The molecular formula is C30H37NO8S3. The quantitative estimate of drug-likeness (QED) is 0.273. The van der Waals surface area contributed by atoms with Crippen molar-refractivity contribution in [3.8, 4) is 0 Å². The minimum Gasteiger partial charge on any atom is -0.463 e. The Morgan fingerprint density at radius 2 is 1.26 bits per heavy atom. The van der Waals surface area contributed by atoms with Gasteiger partial charge in [0, 0.05) is 29.4 Å². The molecule has 12 heteroatoms. The number of esters is 4. The van der Waals surface area contributed by atoms with Crippen molar-refractivity contribution in [3.05, 3.63) is 49.6 Å². The van der Waals surface area contributed by atoms with Gasteiger partial charge in [0.15, 0.2) is 0 Å². The number of rotatable bonds is 8. The van der Waals surface area contributed by atoms with Crippen LogP contribution >= 0.6 is 35.3 Å². The Hall–Kier alpha value is -2.57. The molecule has 3 aliphatic heterocycles. The third-order valence-corrected chi connectivity index (χ3v) is 12.6. The van der Waals surface area contributed by atoms with Crippen LogP contribution in [0.2, 0.25) is 0 Å². The highest BCUT2D eigenvalue weighted by atomic mass is 32.2. The molecule has 9 nitrogen and oxygen atoms in total. The average molecular weight is 636 g/mol. The van der Waals surface area contributed by atoms with Crippen molar-refractivity contribution >= 4 is 64.9 Å². The first kappa shape index (κ1) is 32.3. The van der Waals surface area contributed by atoms with E-state index in [1.54, 1.807) is 27.7 Å². The number of hydrogen-bond donors (Lipinski definition) is 0. The number of carbonyl (C=O) groups excluding carboxylic acids is 4. The minimum absolute atomic E-state index is 0.0434. The molecule has 0 saturated carbocycles. The van der Waals surface area contributed by atoms with Crippen LogP contribution in [0.5, 0.6) is 0 Å². The van der Waals surface area contributed by atoms with E-state index >= 15 is 0 Å². The highest BCUT2D eigenvalue weighted by molar-refractivity contribution is 8.26. The highest BCUT2D eigenvalue weighted by Gasteiger charge is 2.66. The first-order valence-corrected chi connectivity index (χ1v) is 16.5. The van der Waals surface area contributed by atoms with Gasteiger partial charge in [-0.25, -0.2) is 19.2 Å². The second-order valence-corrected chi connectivity index (χ2v) is 14.3. The van der Waals surface area contributed by atoms with Crippen LogP contribution in [0.4, 0.5) is 5.69 Å². The molecule has 3 heterocycles. The van der Waals surface area contributed by atoms with Crippen LogP contribution in [-0.4, -0.2) is 72.2 Å². The van der Waals surface area contributed by atoms with Crippen molar-refractivity contribution < 1.29 is 38.1 Å². The zero-order valence-corrected chi connectivity index (χ0v) is 27.6. The van der Waals surface area contributed by atoms with Crippen LogP contribution in [0.15, 0.2) is 38.5 Å². The van der Waals surface area contributed by atoms with Gasteiger partial charge in [0.2, 0.25) is 0 Å². The van der Waals surface area contributed by atoms with Crippen LogP contribution in [0.25, 0.3) is 0 Å². The molecular weight excluding hydrogens is 599 g/mol. The summed E-state index contributed by atoms with van der Waals surface area (Å²) in [6.45, 7) is 13.3. The van der Waals surface area contributed by atoms with Gasteiger partial charge >= 0.3 is 23.9 Å². The number of benzene rings is 1. The number of aryl methyl sites for hydroxylation is 1. The summed E-state index contributed by atoms with van der Waals surface area (Å²) in [6.07, 6.45) is 0. The molecule has 0 saturated heterocycles. The van der Waals surface area contributed by atoms with Crippen molar-refractivity contribution in [2.24, 2.45) is 0 Å². The van der Waals surface area contributed by atoms with Crippen LogP contribution in [0, 0.1) is 6.92 Å². The van der Waals surface area contributed by atoms with E-state index in [0.717, 1.165) is 40.3 Å². The molecule has 4 rings (SSSR count). The fourth-order valence-corrected chi connectivity index (χ4v) is 11.0. The van der Waals surface area contributed by atoms with Crippen molar-refractivity contribution in [2.75, 3.05) is 38.4 Å². The molecule has 0 N–H and O–H groups in total. The average Bonchev–Trinajstić information content (AvgIpc) is 3.32. The molecule has 228 valence electrons. The van der Waals surface area contributed by atoms with E-state index in [9.17, 15) is 19.2 Å². The molecule has 1 spiro atoms. The van der Waals surface area contributed by atoms with Gasteiger partial charge in [-0.15, -0.1) is 11.8 Å². The van der Waals surface area contributed by atoms with E-state index in [1.807, 2.05) is 26.1 Å². The van der Waals surface area contributed by atoms with Crippen molar-refractivity contribution in [1.82, 2.24) is 0 Å². The van der Waals surface area contributed by atoms with E-state index in [0.29, 0.717) is 0 Å². The van der Waals surface area contributed by atoms with Crippen molar-refractivity contribution in [1.29, 1.82) is 0 Å². The number of fused-ring (bicyclic) bond motifs is 4. The molecule has 0 unspecified atom stereocenters. The number of ether oxygens (including phenoxy) is 4. The summed E-state index contributed by atoms with van der Waals surface area (Å²) in [5, 5.41) is -0.306. The number of nitrogens with zero attached hydrogens (tertiary/aromatic N) is 1. The maximum atomic E-state index is 14.0. The van der Waals surface area contributed by atoms with E-state index in [2.05, 4.69) is 24.8 Å². The number of thioether (sulfide) groups is 3. The maximum Gasteiger partial charge on any atom is 0.346 e. The molecule has 3 aliphatic rings. The van der Waals surface area contributed by atoms with Gasteiger partial charge in [0.05, 0.1) is 32.0 Å². The number of hydrogen-bond acceptors (Lipinski definition) is 12. The Kier molecular flexibility index (Phi) is 9.69. The Labute approximate surface area is 259 Å². The van der Waals surface area contributed by atoms with Crippen LogP contribution in [-0.2, 0) is 38.1 Å². The Morgan fingerprint density at radius 3 is 1.76 bits per heavy atom. The fourth-order valence-electron chi connectivity index (χ4n) is 5.51. The molecule has 0 aliphatic carbocycles. The summed E-state index contributed by atoms with van der Waals surface area (Å²) in [7, 11) is 2.01. The summed E-state index contributed by atoms with van der Waals surface area (Å²) >= 11 is 3.44. The third kappa shape index (κ3) is 5.34. The zero-order chi connectivity index (χ0) is 31.0. The molecule has 1 aromatic rings. The highest BCUT2D eigenvalue weighted by Crippen LogP contribution is 2.72. The fraction of sp³-hybridized carbons (Fsp3) is 0.533. The topological polar surface area (TPSA) is 108 Å². The van der Waals surface area contributed by atoms with Gasteiger partial charge in [-0.1, -0.05) is 41.2 Å². The van der Waals surface area contributed by atoms with Crippen LogP contribution in [0.3, 0.4) is 0 Å². The summed E-state index contributed by atoms with van der Waals surface area (Å²) < 4.78 is 20.5. The molecule has 0 aromatic heterocycles. The Morgan fingerprint density at radius 1 is 0.786 bits per heavy atom. The SMILES string of the molecule is CCOC(=O)C1=C(C(=O)OCC)SC2(S1)C(C(=O)OCC)=C(C(=O)OCC)S[C@@H]1[C@H]2c2cc(C)ccc2N(C)C1(C)C. The van der Waals surface area contributed by atoms with Gasteiger partial charge in [-0.2, -0.15) is 0 Å². The normalized spacial score (nSPS) is 22.0. The number of carbonyl (C=O) groups is 4. The number of anilines is 1. The standard InChI is InChI=1S/C30H37NO8S3/c1-9-36-25(32)20-21(26(33)37-10-2)40-24-19(17-15-16(5)13-14-18(17)31(8)29(24,6)7)30(20)41-22(27(34)38-11-3)23(42-30)28(35)39-12-4/h13-15,19,24H,9-12H2,1-8H3/t19-,24-/m1/s1. The lowest BCUT2D eigenvalue weighted by Gasteiger charge is -2.57. The van der Waals surface area contributed by atoms with E-state index in [1.165, 1.54) is 11.8 Å². The summed E-state index contributed by atoms with van der Waals surface area (Å²) in [5.74, 6) is -3.19. The first-order chi connectivity index (χ1) is 19.9. The van der Waals surface area contributed by atoms with E-state index in [4.69, 9.17) is 18.9 Å². The molecule has 0 radical (unpaired) electrons. The lowest BCUT2D eigenvalue weighted by molar-refractivity contribution is -0.141. The second-order valence-electron chi connectivity index (χ2n) is 10.4. The smallest absolute Gasteiger partial charge is 0.346 e. The first-order valence-electron chi connectivity index (χ1n) is 14.0. The predicted molar refractivity (Wildman–Crippen MR) is 166 cm³/mol. The van der Waals surface area contributed by atoms with E-state index < -0.39 is 39.4 Å². The van der Waals surface area contributed by atoms with Crippen LogP contribution < -0.4 is 4.90 Å². The summed E-state index contributed by atoms with van der Waals surface area (Å²) in [5.41, 5.74) is 2.43. The minimum atomic E-state index is -1.35. The van der Waals surface area contributed by atoms with Crippen molar-refractivity contribution in [2.45, 2.75) is 69.3 Å². The van der Waals surface area contributed by atoms with E-state index in [-0.39, 0.29) is 52.0 Å². The molecule has 0 fully saturated rings. The van der Waals surface area contributed by atoms with Gasteiger partial charge in [0.25, 0.3) is 0 Å².